The summed E-state index contributed by atoms with van der Waals surface area (Å²) < 4.78 is 19.1. The molecular formula is C32H33FN2O3. The Balaban J connectivity index is 1.67. The van der Waals surface area contributed by atoms with Gasteiger partial charge in [-0.3, -0.25) is 14.5 Å². The minimum Gasteiger partial charge on any atom is -0.497 e. The zero-order chi connectivity index (χ0) is 26.6. The fraction of sp³-hybridized carbons (Fsp3) is 0.312. The van der Waals surface area contributed by atoms with Crippen molar-refractivity contribution < 1.29 is 18.7 Å². The van der Waals surface area contributed by atoms with Crippen LogP contribution < -0.4 is 15.0 Å². The lowest BCUT2D eigenvalue weighted by atomic mass is 9.78. The molecule has 196 valence electrons. The number of nitrogens with zero attached hydrogens (tertiary/aromatic N) is 1. The first-order valence-electron chi connectivity index (χ1n) is 13.3. The number of carbonyl (C=O) groups is 2. The molecule has 0 bridgehead atoms. The van der Waals surface area contributed by atoms with Gasteiger partial charge in [-0.1, -0.05) is 56.2 Å². The van der Waals surface area contributed by atoms with E-state index in [-0.39, 0.29) is 23.4 Å². The van der Waals surface area contributed by atoms with Crippen LogP contribution in [0.5, 0.6) is 5.75 Å². The van der Waals surface area contributed by atoms with Crippen LogP contribution >= 0.6 is 0 Å². The second kappa shape index (κ2) is 11.2. The molecule has 6 heteroatoms. The van der Waals surface area contributed by atoms with Gasteiger partial charge in [-0.15, -0.1) is 0 Å². The summed E-state index contributed by atoms with van der Waals surface area (Å²) in [7, 11) is 1.61. The summed E-state index contributed by atoms with van der Waals surface area (Å²) in [5.74, 6) is 0.260. The number of fused-ring (bicyclic) bond motifs is 1. The predicted octanol–water partition coefficient (Wildman–Crippen LogP) is 7.32. The van der Waals surface area contributed by atoms with Crippen molar-refractivity contribution in [1.29, 1.82) is 0 Å². The molecule has 0 radical (unpaired) electrons. The summed E-state index contributed by atoms with van der Waals surface area (Å²) in [5.41, 5.74) is 4.71. The van der Waals surface area contributed by atoms with Crippen molar-refractivity contribution in [2.75, 3.05) is 17.3 Å². The fourth-order valence-corrected chi connectivity index (χ4v) is 5.61. The van der Waals surface area contributed by atoms with Gasteiger partial charge in [-0.25, -0.2) is 4.39 Å². The van der Waals surface area contributed by atoms with E-state index < -0.39 is 6.04 Å². The topological polar surface area (TPSA) is 58.6 Å². The molecule has 0 saturated heterocycles. The highest BCUT2D eigenvalue weighted by atomic mass is 19.1. The maximum Gasteiger partial charge on any atom is 0.227 e. The number of amides is 1. The second-order valence-corrected chi connectivity index (χ2v) is 10.0. The van der Waals surface area contributed by atoms with Crippen LogP contribution in [-0.2, 0) is 9.59 Å². The van der Waals surface area contributed by atoms with Crippen LogP contribution in [0.15, 0.2) is 84.1 Å². The zero-order valence-corrected chi connectivity index (χ0v) is 21.9. The molecule has 1 N–H and O–H groups in total. The Labute approximate surface area is 223 Å². The Morgan fingerprint density at radius 2 is 1.79 bits per heavy atom. The van der Waals surface area contributed by atoms with E-state index in [0.29, 0.717) is 30.6 Å². The summed E-state index contributed by atoms with van der Waals surface area (Å²) in [6.45, 7) is 2.12. The molecule has 0 saturated carbocycles. The Morgan fingerprint density at radius 3 is 2.55 bits per heavy atom. The lowest BCUT2D eigenvalue weighted by Gasteiger charge is -2.35. The molecule has 2 unspecified atom stereocenters. The minimum atomic E-state index is -0.591. The van der Waals surface area contributed by atoms with Gasteiger partial charge in [0.1, 0.15) is 11.6 Å². The zero-order valence-electron chi connectivity index (χ0n) is 21.9. The van der Waals surface area contributed by atoms with Crippen molar-refractivity contribution in [2.24, 2.45) is 0 Å². The van der Waals surface area contributed by atoms with Crippen LogP contribution in [0.4, 0.5) is 15.8 Å². The minimum absolute atomic E-state index is 0.0114. The SMILES string of the molecule is CCCCCC(=O)N1c2ccccc2NC2=C(C(=O)CC(c3ccc(F)cc3)C2)C1c1cccc(OC)c1. The smallest absolute Gasteiger partial charge is 0.227 e. The summed E-state index contributed by atoms with van der Waals surface area (Å²) in [5, 5.41) is 3.54. The Bertz CT molecular complexity index is 1370. The average molecular weight is 513 g/mol. The molecule has 0 aromatic heterocycles. The number of nitrogens with one attached hydrogen (secondary N) is 1. The molecule has 1 amide bonds. The fourth-order valence-electron chi connectivity index (χ4n) is 5.61. The monoisotopic (exact) mass is 512 g/mol. The number of anilines is 2. The standard InChI is InChI=1S/C32H33FN2O3/c1-3-4-5-13-30(37)35-28-12-7-6-11-26(28)34-27-19-23(21-14-16-24(33)17-15-21)20-29(36)31(27)32(35)22-9-8-10-25(18-22)38-2/h6-12,14-18,23,32,34H,3-5,13,19-20H2,1-2H3. The molecule has 3 aromatic rings. The van der Waals surface area contributed by atoms with Crippen LogP contribution in [-0.4, -0.2) is 18.8 Å². The number of ketones is 1. The van der Waals surface area contributed by atoms with E-state index in [2.05, 4.69) is 12.2 Å². The van der Waals surface area contributed by atoms with Crippen LogP contribution in [0.1, 0.15) is 68.5 Å². The molecule has 1 aliphatic carbocycles. The van der Waals surface area contributed by atoms with Gasteiger partial charge in [-0.05, 0) is 66.3 Å². The van der Waals surface area contributed by atoms with Crippen LogP contribution in [0, 0.1) is 5.82 Å². The van der Waals surface area contributed by atoms with Gasteiger partial charge in [-0.2, -0.15) is 0 Å². The number of halogens is 1. The first-order chi connectivity index (χ1) is 18.5. The van der Waals surface area contributed by atoms with E-state index in [1.165, 1.54) is 12.1 Å². The highest BCUT2D eigenvalue weighted by Crippen LogP contribution is 2.48. The first kappa shape index (κ1) is 25.7. The molecule has 5 nitrogen and oxygen atoms in total. The summed E-state index contributed by atoms with van der Waals surface area (Å²) in [6.07, 6.45) is 4.05. The van der Waals surface area contributed by atoms with E-state index in [9.17, 15) is 14.0 Å². The number of methoxy groups -OCH3 is 1. The van der Waals surface area contributed by atoms with E-state index in [4.69, 9.17) is 4.74 Å². The molecular weight excluding hydrogens is 479 g/mol. The van der Waals surface area contributed by atoms with Gasteiger partial charge >= 0.3 is 0 Å². The Hall–Kier alpha value is -3.93. The molecule has 2 aliphatic rings. The Morgan fingerprint density at radius 1 is 1.00 bits per heavy atom. The maximum absolute atomic E-state index is 14.0. The van der Waals surface area contributed by atoms with Gasteiger partial charge in [0.25, 0.3) is 0 Å². The van der Waals surface area contributed by atoms with Crippen molar-refractivity contribution in [3.05, 3.63) is 101 Å². The van der Waals surface area contributed by atoms with Gasteiger partial charge in [0.05, 0.1) is 24.5 Å². The lowest BCUT2D eigenvalue weighted by Crippen LogP contribution is -2.38. The Kier molecular flexibility index (Phi) is 7.59. The molecule has 38 heavy (non-hydrogen) atoms. The highest BCUT2D eigenvalue weighted by Gasteiger charge is 2.41. The van der Waals surface area contributed by atoms with Crippen LogP contribution in [0.2, 0.25) is 0 Å². The number of para-hydroxylation sites is 2. The number of carbonyl (C=O) groups excluding carboxylic acids is 2. The molecule has 5 rings (SSSR count). The molecule has 3 aromatic carbocycles. The van der Waals surface area contributed by atoms with Gasteiger partial charge in [0, 0.05) is 24.1 Å². The summed E-state index contributed by atoms with van der Waals surface area (Å²) in [6, 6.07) is 21.2. The van der Waals surface area contributed by atoms with Crippen LogP contribution in [0.3, 0.4) is 0 Å². The quantitative estimate of drug-likeness (QED) is 0.337. The normalized spacial score (nSPS) is 18.8. The van der Waals surface area contributed by atoms with Crippen molar-refractivity contribution in [1.82, 2.24) is 0 Å². The summed E-state index contributed by atoms with van der Waals surface area (Å²) in [4.78, 5) is 29.7. The van der Waals surface area contributed by atoms with E-state index >= 15 is 0 Å². The highest BCUT2D eigenvalue weighted by molar-refractivity contribution is 6.06. The van der Waals surface area contributed by atoms with Crippen molar-refractivity contribution in [3.8, 4) is 5.75 Å². The maximum atomic E-state index is 14.0. The summed E-state index contributed by atoms with van der Waals surface area (Å²) >= 11 is 0. The number of ether oxygens (including phenoxy) is 1. The number of unbranched alkanes of at least 4 members (excludes halogenated alkanes) is 2. The molecule has 0 spiro atoms. The van der Waals surface area contributed by atoms with Crippen LogP contribution in [0.25, 0.3) is 0 Å². The molecule has 2 atom stereocenters. The van der Waals surface area contributed by atoms with Gasteiger partial charge < -0.3 is 10.1 Å². The number of rotatable bonds is 7. The third kappa shape index (κ3) is 5.08. The number of hydrogen-bond acceptors (Lipinski definition) is 4. The molecule has 1 heterocycles. The lowest BCUT2D eigenvalue weighted by molar-refractivity contribution is -0.119. The largest absolute Gasteiger partial charge is 0.497 e. The molecule has 1 aliphatic heterocycles. The third-order valence-electron chi connectivity index (χ3n) is 7.50. The number of allylic oxidation sites excluding steroid dienone is 1. The average Bonchev–Trinajstić information content (AvgIpc) is 3.08. The second-order valence-electron chi connectivity index (χ2n) is 10.0. The first-order valence-corrected chi connectivity index (χ1v) is 13.3. The van der Waals surface area contributed by atoms with Crippen molar-refractivity contribution in [2.45, 2.75) is 57.4 Å². The van der Waals surface area contributed by atoms with E-state index in [0.717, 1.165) is 47.5 Å². The van der Waals surface area contributed by atoms with Crippen molar-refractivity contribution >= 4 is 23.1 Å². The van der Waals surface area contributed by atoms with Gasteiger partial charge in [0.15, 0.2) is 5.78 Å². The van der Waals surface area contributed by atoms with E-state index in [1.807, 2.05) is 53.4 Å². The predicted molar refractivity (Wildman–Crippen MR) is 148 cm³/mol. The van der Waals surface area contributed by atoms with Crippen molar-refractivity contribution in [3.63, 3.8) is 0 Å². The number of hydrogen-bond donors (Lipinski definition) is 1. The molecule has 0 fully saturated rings. The van der Waals surface area contributed by atoms with Gasteiger partial charge in [0.2, 0.25) is 5.91 Å². The van der Waals surface area contributed by atoms with E-state index in [1.54, 1.807) is 19.2 Å². The third-order valence-corrected chi connectivity index (χ3v) is 7.50. The number of Topliss-reactive ketones (excluding diaryl/α,β-unsaturated/α-hetero) is 1. The number of benzene rings is 3.